The van der Waals surface area contributed by atoms with Gasteiger partial charge in [0.05, 0.1) is 51.7 Å². The van der Waals surface area contributed by atoms with E-state index in [1.807, 2.05) is 0 Å². The van der Waals surface area contributed by atoms with Crippen LogP contribution in [0.25, 0.3) is 0 Å². The van der Waals surface area contributed by atoms with Gasteiger partial charge < -0.3 is 54.0 Å². The van der Waals surface area contributed by atoms with E-state index in [0.29, 0.717) is 64.6 Å². The number of unbranched alkanes of at least 4 members (excludes halogenated alkanes) is 44. The van der Waals surface area contributed by atoms with Crippen molar-refractivity contribution < 1.29 is 132 Å². The van der Waals surface area contributed by atoms with Gasteiger partial charge in [0.2, 0.25) is 23.6 Å². The van der Waals surface area contributed by atoms with E-state index in [1.165, 1.54) is 180 Å². The summed E-state index contributed by atoms with van der Waals surface area (Å²) >= 11 is 0. The maximum Gasteiger partial charge on any atom is 1.00 e. The summed E-state index contributed by atoms with van der Waals surface area (Å²) in [5, 5.41) is 17.4. The Kier molecular flexibility index (Phi) is 86.9. The van der Waals surface area contributed by atoms with Crippen LogP contribution in [-0.2, 0) is 55.9 Å². The molecule has 0 spiro atoms. The summed E-state index contributed by atoms with van der Waals surface area (Å²) in [6.45, 7) is 11.9. The summed E-state index contributed by atoms with van der Waals surface area (Å²) in [7, 11) is -9.38. The molecule has 2 unspecified atom stereocenters. The van der Waals surface area contributed by atoms with Crippen molar-refractivity contribution in [3.63, 3.8) is 0 Å². The molecule has 0 bridgehead atoms. The van der Waals surface area contributed by atoms with Crippen LogP contribution in [0.5, 0.6) is 0 Å². The Hall–Kier alpha value is -0.710. The minimum atomic E-state index is -4.69. The number of amides is 6. The van der Waals surface area contributed by atoms with Crippen LogP contribution in [-0.4, -0.2) is 130 Å². The largest absolute Gasteiger partial charge is 1.00 e. The predicted molar refractivity (Wildman–Crippen MR) is 438 cm³/mol. The van der Waals surface area contributed by atoms with Crippen LogP contribution in [0.1, 0.15) is 417 Å². The number of urea groups is 1. The fourth-order valence-corrected chi connectivity index (χ4v) is 14.7. The third-order valence-electron chi connectivity index (χ3n) is 19.8. The molecule has 25 heteroatoms. The second-order valence-electron chi connectivity index (χ2n) is 30.3. The van der Waals surface area contributed by atoms with Gasteiger partial charge in [0.15, 0.2) is 0 Å². The zero-order chi connectivity index (χ0) is 77.8. The van der Waals surface area contributed by atoms with Crippen LogP contribution < -0.4 is 91.0 Å². The van der Waals surface area contributed by atoms with Gasteiger partial charge in [0, 0.05) is 64.1 Å². The first-order valence-electron chi connectivity index (χ1n) is 44.1. The summed E-state index contributed by atoms with van der Waals surface area (Å²) in [4.78, 5) is 87.1. The van der Waals surface area contributed by atoms with E-state index >= 15 is 0 Å². The molecule has 6 amide bonds. The van der Waals surface area contributed by atoms with E-state index in [-0.39, 0.29) is 137 Å². The van der Waals surface area contributed by atoms with Gasteiger partial charge in [-0.2, -0.15) is 0 Å². The van der Waals surface area contributed by atoms with Crippen molar-refractivity contribution in [2.45, 2.75) is 438 Å². The van der Waals surface area contributed by atoms with Crippen molar-refractivity contribution in [3.05, 3.63) is 0 Å². The monoisotopic (exact) mass is 1600 g/mol. The number of rotatable bonds is 84. The van der Waals surface area contributed by atoms with Gasteiger partial charge in [-0.15, -0.1) is 0 Å². The summed E-state index contributed by atoms with van der Waals surface area (Å²) in [5.74, 6) is -0.316. The molecule has 0 fully saturated rings. The fraction of sp³-hybridized carbons (Fsp3) is 0.940. The molecular formula is C83H168N6Na2O15P2. The molecule has 0 rings (SSSR count). The van der Waals surface area contributed by atoms with Crippen molar-refractivity contribution in [2.24, 2.45) is 0 Å². The second kappa shape index (κ2) is 84.2. The van der Waals surface area contributed by atoms with Crippen LogP contribution in [0.15, 0.2) is 0 Å². The van der Waals surface area contributed by atoms with Crippen molar-refractivity contribution in [2.75, 3.05) is 65.9 Å². The third-order valence-corrected chi connectivity index (χ3v) is 21.8. The number of hydrogen-bond donors (Lipinski definition) is 8. The van der Waals surface area contributed by atoms with Gasteiger partial charge in [-0.1, -0.05) is 337 Å². The van der Waals surface area contributed by atoms with E-state index in [0.717, 1.165) is 141 Å². The van der Waals surface area contributed by atoms with Crippen LogP contribution in [0, 0.1) is 0 Å². The van der Waals surface area contributed by atoms with E-state index in [2.05, 4.69) is 73.4 Å². The molecule has 0 aliphatic rings. The molecule has 6 atom stereocenters. The van der Waals surface area contributed by atoms with Gasteiger partial charge in [-0.3, -0.25) is 37.3 Å². The number of phosphoric ester groups is 2. The van der Waals surface area contributed by atoms with E-state index < -0.39 is 47.0 Å². The first kappa shape index (κ1) is 111. The van der Waals surface area contributed by atoms with Gasteiger partial charge in [-0.25, -0.2) is 13.9 Å². The SMILES string of the molecule is CCCCCCCCCCCCCC(=O)N[C@H](COCC[C@H](CCCCCCC)NC(=O)CCCCCCCCCCC)COP(=O)(O)OCCNC(=O)NCCOP(=O)(O)OC[C@@H](COCC[C@H](CCCCCCC)NC(=O)CCCCCCCCCCC)NC(=O)CCCCCCCCCCCCC.[H-].[H-].[Na+].[Na+]. The topological polar surface area (TPSA) is 288 Å². The third kappa shape index (κ3) is 80.5. The molecule has 0 radical (unpaired) electrons. The Morgan fingerprint density at radius 1 is 0.278 bits per heavy atom. The quantitative estimate of drug-likeness (QED) is 0.0160. The van der Waals surface area contributed by atoms with E-state index in [1.54, 1.807) is 0 Å². The molecule has 8 N–H and O–H groups in total. The molecule has 0 aromatic rings. The number of nitrogens with one attached hydrogen (secondary N) is 6. The van der Waals surface area contributed by atoms with Gasteiger partial charge >= 0.3 is 80.8 Å². The van der Waals surface area contributed by atoms with Gasteiger partial charge in [0.1, 0.15) is 0 Å². The Labute approximate surface area is 708 Å². The van der Waals surface area contributed by atoms with Gasteiger partial charge in [-0.05, 0) is 51.4 Å². The van der Waals surface area contributed by atoms with Crippen molar-refractivity contribution >= 4 is 45.3 Å². The molecule has 0 heterocycles. The Balaban J connectivity index is -0.00000919. The predicted octanol–water partition coefficient (Wildman–Crippen LogP) is 15.5. The van der Waals surface area contributed by atoms with Crippen molar-refractivity contribution in [3.8, 4) is 0 Å². The standard InChI is InChI=1S/C83H166N6O15P2.2Na.2H/c1-7-13-19-25-29-33-35-39-43-49-55-61-81(92)88-77(71-99-67-63-75(57-51-45-23-17-11-5)86-79(90)59-53-47-41-37-31-27-21-15-9-3)73-103-105(95,96)101-69-65-84-83(94)85-66-70-102-106(97,98)104-74-78(89-82(93)62-56-50-44-40-36-34-30-26-20-14-8-2)72-100-68-64-76(58-52-46-24-18-12-6)87-80(91)60-54-48-42-38-32-28-22-16-10-4;;;;/h75-78H,7-74H2,1-6H3,(H,86,90)(H,87,91)(H,88,92)(H,89,93)(H,95,96)(H,97,98)(H2,84,85,94);;;;/q;2*+1;2*-1/t75-,76-,77+,78+;;;;/m0..../s1. The fourth-order valence-electron chi connectivity index (χ4n) is 13.2. The number of ether oxygens (including phenoxy) is 2. The summed E-state index contributed by atoms with van der Waals surface area (Å²) in [6, 6.07) is -2.40. The van der Waals surface area contributed by atoms with Crippen molar-refractivity contribution in [1.82, 2.24) is 31.9 Å². The summed E-state index contributed by atoms with van der Waals surface area (Å²) in [6.07, 6.45) is 62.1. The maximum atomic E-state index is 13.3. The first-order chi connectivity index (χ1) is 51.5. The zero-order valence-corrected chi connectivity index (χ0v) is 76.8. The van der Waals surface area contributed by atoms with Crippen LogP contribution in [0.4, 0.5) is 4.79 Å². The number of carbonyl (C=O) groups is 5. The molecule has 632 valence electrons. The number of hydrogen-bond acceptors (Lipinski definition) is 13. The Morgan fingerprint density at radius 2 is 0.491 bits per heavy atom. The molecule has 0 aromatic carbocycles. The zero-order valence-electron chi connectivity index (χ0n) is 73.0. The number of carbonyl (C=O) groups excluding carboxylic acids is 5. The van der Waals surface area contributed by atoms with Gasteiger partial charge in [0.25, 0.3) is 0 Å². The molecule has 0 saturated heterocycles. The van der Waals surface area contributed by atoms with Crippen molar-refractivity contribution in [1.29, 1.82) is 0 Å². The van der Waals surface area contributed by atoms with Crippen LogP contribution in [0.2, 0.25) is 0 Å². The van der Waals surface area contributed by atoms with Crippen LogP contribution in [0.3, 0.4) is 0 Å². The molecule has 0 aliphatic heterocycles. The normalized spacial score (nSPS) is 13.6. The second-order valence-corrected chi connectivity index (χ2v) is 33.2. The van der Waals surface area contributed by atoms with E-state index in [9.17, 15) is 42.9 Å². The first-order valence-corrected chi connectivity index (χ1v) is 47.1. The molecule has 108 heavy (non-hydrogen) atoms. The average Bonchev–Trinajstić information content (AvgIpc) is 0.913. The molecule has 0 saturated carbocycles. The van der Waals surface area contributed by atoms with E-state index in [4.69, 9.17) is 27.6 Å². The summed E-state index contributed by atoms with van der Waals surface area (Å²) < 4.78 is 59.8. The number of phosphoric acid groups is 2. The Morgan fingerprint density at radius 3 is 0.731 bits per heavy atom. The molecule has 0 aliphatic carbocycles. The molecule has 21 nitrogen and oxygen atoms in total. The minimum absolute atomic E-state index is 0. The maximum absolute atomic E-state index is 13.3. The Bertz CT molecular complexity index is 2000. The summed E-state index contributed by atoms with van der Waals surface area (Å²) in [5.41, 5.74) is 0. The molecular weight excluding hydrogens is 1430 g/mol. The smallest absolute Gasteiger partial charge is 1.00 e. The van der Waals surface area contributed by atoms with Crippen LogP contribution >= 0.6 is 15.6 Å². The average molecular weight is 1600 g/mol. The minimum Gasteiger partial charge on any atom is -1.00 e. The molecule has 0 aromatic heterocycles.